The van der Waals surface area contributed by atoms with Crippen molar-refractivity contribution in [3.63, 3.8) is 0 Å². The molecule has 132 valence electrons. The first-order valence-electron chi connectivity index (χ1n) is 9.00. The molecule has 0 unspecified atom stereocenters. The molecule has 1 aromatic heterocycles. The minimum atomic E-state index is 0.00431. The summed E-state index contributed by atoms with van der Waals surface area (Å²) in [5.41, 5.74) is 1.15. The van der Waals surface area contributed by atoms with Gasteiger partial charge in [-0.25, -0.2) is 0 Å². The second kappa shape index (κ2) is 7.42. The Morgan fingerprint density at radius 2 is 1.96 bits per heavy atom. The normalized spacial score (nSPS) is 24.6. The number of benzene rings is 1. The molecule has 5 nitrogen and oxygen atoms in total. The molecule has 1 aromatic carbocycles. The highest BCUT2D eigenvalue weighted by Crippen LogP contribution is 2.47. The van der Waals surface area contributed by atoms with Crippen LogP contribution in [0.25, 0.3) is 0 Å². The molecule has 1 aliphatic carbocycles. The summed E-state index contributed by atoms with van der Waals surface area (Å²) in [6.45, 7) is 4.17. The summed E-state index contributed by atoms with van der Waals surface area (Å²) < 4.78 is 10.9. The zero-order valence-corrected chi connectivity index (χ0v) is 14.3. The van der Waals surface area contributed by atoms with Gasteiger partial charge in [0.05, 0.1) is 25.5 Å². The van der Waals surface area contributed by atoms with Crippen LogP contribution in [0.5, 0.6) is 0 Å². The van der Waals surface area contributed by atoms with E-state index >= 15 is 0 Å². The molecular formula is C20H24N2O3. The van der Waals surface area contributed by atoms with Crippen molar-refractivity contribution in [2.24, 2.45) is 5.92 Å². The Kier molecular flexibility index (Phi) is 4.85. The van der Waals surface area contributed by atoms with E-state index in [0.29, 0.717) is 0 Å². The lowest BCUT2D eigenvalue weighted by molar-refractivity contribution is -0.123. The molecule has 0 spiro atoms. The van der Waals surface area contributed by atoms with Crippen LogP contribution >= 0.6 is 0 Å². The monoisotopic (exact) mass is 340 g/mol. The van der Waals surface area contributed by atoms with Crippen molar-refractivity contribution in [1.29, 1.82) is 0 Å². The molecule has 2 aromatic rings. The highest BCUT2D eigenvalue weighted by atomic mass is 16.5. The second-order valence-corrected chi connectivity index (χ2v) is 6.85. The molecule has 2 aliphatic rings. The molecule has 4 rings (SSSR count). The number of hydrogen-bond donors (Lipinski definition) is 1. The zero-order valence-electron chi connectivity index (χ0n) is 14.3. The van der Waals surface area contributed by atoms with Crippen molar-refractivity contribution in [2.45, 2.75) is 18.4 Å². The number of hydrogen-bond acceptors (Lipinski definition) is 4. The third-order valence-corrected chi connectivity index (χ3v) is 5.10. The summed E-state index contributed by atoms with van der Waals surface area (Å²) in [7, 11) is 0. The van der Waals surface area contributed by atoms with E-state index in [0.717, 1.165) is 50.6 Å². The van der Waals surface area contributed by atoms with Crippen molar-refractivity contribution in [3.8, 4) is 0 Å². The average Bonchev–Trinajstić information content (AvgIpc) is 3.28. The topological polar surface area (TPSA) is 54.7 Å². The number of amides is 1. The van der Waals surface area contributed by atoms with Gasteiger partial charge in [-0.3, -0.25) is 9.69 Å². The molecule has 5 heteroatoms. The van der Waals surface area contributed by atoms with Crippen LogP contribution in [-0.2, 0) is 9.53 Å². The molecule has 1 saturated carbocycles. The quantitative estimate of drug-likeness (QED) is 0.878. The van der Waals surface area contributed by atoms with Gasteiger partial charge in [0.2, 0.25) is 5.91 Å². The van der Waals surface area contributed by atoms with Crippen LogP contribution in [0, 0.1) is 5.92 Å². The Balaban J connectivity index is 1.42. The van der Waals surface area contributed by atoms with Gasteiger partial charge in [-0.05, 0) is 24.1 Å². The van der Waals surface area contributed by atoms with E-state index in [1.165, 1.54) is 0 Å². The van der Waals surface area contributed by atoms with Gasteiger partial charge >= 0.3 is 0 Å². The number of ether oxygens (including phenoxy) is 1. The minimum Gasteiger partial charge on any atom is -0.469 e. The highest BCUT2D eigenvalue weighted by molar-refractivity contribution is 5.83. The number of carbonyl (C=O) groups is 1. The molecule has 2 fully saturated rings. The first-order chi connectivity index (χ1) is 12.3. The van der Waals surface area contributed by atoms with Gasteiger partial charge in [0.1, 0.15) is 5.76 Å². The Hall–Kier alpha value is -2.11. The summed E-state index contributed by atoms with van der Waals surface area (Å²) in [6, 6.07) is 14.1. The number of carbonyl (C=O) groups excluding carboxylic acids is 1. The molecule has 1 amide bonds. The van der Waals surface area contributed by atoms with E-state index in [4.69, 9.17) is 9.15 Å². The van der Waals surface area contributed by atoms with E-state index < -0.39 is 0 Å². The van der Waals surface area contributed by atoms with Gasteiger partial charge in [0.25, 0.3) is 0 Å². The maximum Gasteiger partial charge on any atom is 0.224 e. The number of nitrogens with one attached hydrogen (secondary N) is 1. The molecule has 25 heavy (non-hydrogen) atoms. The molecular weight excluding hydrogens is 316 g/mol. The summed E-state index contributed by atoms with van der Waals surface area (Å²) in [5, 5.41) is 3.27. The summed E-state index contributed by atoms with van der Waals surface area (Å²) >= 11 is 0. The van der Waals surface area contributed by atoms with Crippen LogP contribution in [0.1, 0.15) is 29.7 Å². The number of nitrogens with zero attached hydrogens (tertiary/aromatic N) is 1. The van der Waals surface area contributed by atoms with Crippen LogP contribution in [0.4, 0.5) is 0 Å². The largest absolute Gasteiger partial charge is 0.469 e. The van der Waals surface area contributed by atoms with Gasteiger partial charge < -0.3 is 14.5 Å². The van der Waals surface area contributed by atoms with Crippen LogP contribution < -0.4 is 5.32 Å². The van der Waals surface area contributed by atoms with Gasteiger partial charge in [0.15, 0.2) is 0 Å². The third-order valence-electron chi connectivity index (χ3n) is 5.10. The highest BCUT2D eigenvalue weighted by Gasteiger charge is 2.46. The van der Waals surface area contributed by atoms with E-state index in [-0.39, 0.29) is 23.8 Å². The van der Waals surface area contributed by atoms with E-state index in [9.17, 15) is 4.79 Å². The predicted octanol–water partition coefficient (Wildman–Crippen LogP) is 2.57. The molecule has 0 radical (unpaired) electrons. The van der Waals surface area contributed by atoms with E-state index in [1.54, 1.807) is 6.26 Å². The molecule has 3 atom stereocenters. The smallest absolute Gasteiger partial charge is 0.224 e. The van der Waals surface area contributed by atoms with Crippen LogP contribution in [0.3, 0.4) is 0 Å². The second-order valence-electron chi connectivity index (χ2n) is 6.85. The van der Waals surface area contributed by atoms with Gasteiger partial charge in [-0.15, -0.1) is 0 Å². The fourth-order valence-electron chi connectivity index (χ4n) is 3.54. The molecule has 0 bridgehead atoms. The van der Waals surface area contributed by atoms with Crippen molar-refractivity contribution in [3.05, 3.63) is 60.1 Å². The van der Waals surface area contributed by atoms with Crippen molar-refractivity contribution in [1.82, 2.24) is 10.2 Å². The third kappa shape index (κ3) is 3.94. The zero-order chi connectivity index (χ0) is 17.1. The minimum absolute atomic E-state index is 0.00431. The Labute approximate surface area is 148 Å². The predicted molar refractivity (Wildman–Crippen MR) is 94.1 cm³/mol. The van der Waals surface area contributed by atoms with Crippen LogP contribution in [-0.4, -0.2) is 43.7 Å². The lowest BCUT2D eigenvalue weighted by Crippen LogP contribution is -2.43. The standard InChI is InChI=1S/C20H24N2O3/c23-20(17-13-16(17)19-7-4-10-25-19)21-18(15-5-2-1-3-6-15)14-22-8-11-24-12-9-22/h1-7,10,16-18H,8-9,11-14H2,(H,21,23)/t16-,17+,18+/m0/s1. The fraction of sp³-hybridized carbons (Fsp3) is 0.450. The fourth-order valence-corrected chi connectivity index (χ4v) is 3.54. The van der Waals surface area contributed by atoms with Gasteiger partial charge in [-0.2, -0.15) is 0 Å². The van der Waals surface area contributed by atoms with Crippen molar-refractivity contribution >= 4 is 5.91 Å². The van der Waals surface area contributed by atoms with E-state index in [1.807, 2.05) is 30.3 Å². The summed E-state index contributed by atoms with van der Waals surface area (Å²) in [5.74, 6) is 1.31. The first-order valence-corrected chi connectivity index (χ1v) is 9.00. The average molecular weight is 340 g/mol. The Bertz CT molecular complexity index is 680. The summed E-state index contributed by atoms with van der Waals surface area (Å²) in [6.07, 6.45) is 2.55. The number of morpholine rings is 1. The molecule has 1 N–H and O–H groups in total. The molecule has 2 heterocycles. The van der Waals surface area contributed by atoms with Gasteiger partial charge in [-0.1, -0.05) is 30.3 Å². The van der Waals surface area contributed by atoms with Gasteiger partial charge in [0, 0.05) is 31.5 Å². The Morgan fingerprint density at radius 3 is 2.68 bits per heavy atom. The van der Waals surface area contributed by atoms with Crippen LogP contribution in [0.2, 0.25) is 0 Å². The number of rotatable bonds is 6. The maximum atomic E-state index is 12.7. The first kappa shape index (κ1) is 16.4. The van der Waals surface area contributed by atoms with Crippen molar-refractivity contribution < 1.29 is 13.9 Å². The lowest BCUT2D eigenvalue weighted by atomic mass is 10.1. The molecule has 1 aliphatic heterocycles. The van der Waals surface area contributed by atoms with Crippen LogP contribution in [0.15, 0.2) is 53.1 Å². The Morgan fingerprint density at radius 1 is 1.16 bits per heavy atom. The number of furan rings is 1. The van der Waals surface area contributed by atoms with E-state index in [2.05, 4.69) is 22.3 Å². The maximum absolute atomic E-state index is 12.7. The van der Waals surface area contributed by atoms with Crippen molar-refractivity contribution in [2.75, 3.05) is 32.8 Å². The lowest BCUT2D eigenvalue weighted by Gasteiger charge is -2.31. The SMILES string of the molecule is O=C(N[C@H](CN1CCOCC1)c1ccccc1)[C@@H]1C[C@@H]1c1ccco1. The molecule has 1 saturated heterocycles. The summed E-state index contributed by atoms with van der Waals surface area (Å²) in [4.78, 5) is 15.1.